The van der Waals surface area contributed by atoms with E-state index in [-0.39, 0.29) is 18.6 Å². The Morgan fingerprint density at radius 3 is 2.62 bits per heavy atom. The number of benzene rings is 1. The van der Waals surface area contributed by atoms with E-state index in [9.17, 15) is 9.90 Å². The summed E-state index contributed by atoms with van der Waals surface area (Å²) in [5, 5.41) is 12.4. The monoisotopic (exact) mass is 303 g/mol. The smallest absolute Gasteiger partial charge is 0.261 e. The Morgan fingerprint density at radius 1 is 1.33 bits per heavy atom. The van der Waals surface area contributed by atoms with Gasteiger partial charge in [-0.2, -0.15) is 0 Å². The Balaban J connectivity index is 2.02. The molecule has 4 heteroatoms. The van der Waals surface area contributed by atoms with E-state index in [1.54, 1.807) is 0 Å². The molecule has 2 N–H and O–H groups in total. The first-order valence-electron chi connectivity index (χ1n) is 7.19. The van der Waals surface area contributed by atoms with Crippen molar-refractivity contribution < 1.29 is 9.90 Å². The van der Waals surface area contributed by atoms with Crippen LogP contribution in [0.15, 0.2) is 36.4 Å². The highest BCUT2D eigenvalue weighted by molar-refractivity contribution is 7.14. The van der Waals surface area contributed by atoms with Crippen LogP contribution in [0.25, 0.3) is 0 Å². The van der Waals surface area contributed by atoms with Crippen molar-refractivity contribution in [1.82, 2.24) is 5.32 Å². The largest absolute Gasteiger partial charge is 0.394 e. The SMILES string of the molecule is CCc1sc(C(=O)N[C@@H](CO)Cc2ccccc2)cc1C. The molecule has 0 bridgehead atoms. The number of aliphatic hydroxyl groups is 1. The van der Waals surface area contributed by atoms with E-state index in [2.05, 4.69) is 12.2 Å². The van der Waals surface area contributed by atoms with Gasteiger partial charge in [0.05, 0.1) is 17.5 Å². The predicted octanol–water partition coefficient (Wildman–Crippen LogP) is 2.95. The summed E-state index contributed by atoms with van der Waals surface area (Å²) in [4.78, 5) is 14.2. The standard InChI is InChI=1S/C17H21NO2S/c1-3-15-12(2)9-16(21-15)17(20)18-14(11-19)10-13-7-5-4-6-8-13/h4-9,14,19H,3,10-11H2,1-2H3,(H,18,20)/t14-/m1/s1. The summed E-state index contributed by atoms with van der Waals surface area (Å²) < 4.78 is 0. The van der Waals surface area contributed by atoms with Gasteiger partial charge in [0.2, 0.25) is 0 Å². The quantitative estimate of drug-likeness (QED) is 0.862. The average Bonchev–Trinajstić information content (AvgIpc) is 2.88. The summed E-state index contributed by atoms with van der Waals surface area (Å²) in [5.41, 5.74) is 2.27. The number of carbonyl (C=O) groups is 1. The molecule has 0 aliphatic heterocycles. The van der Waals surface area contributed by atoms with Gasteiger partial charge in [0, 0.05) is 4.88 Å². The van der Waals surface area contributed by atoms with Crippen molar-refractivity contribution in [3.05, 3.63) is 57.3 Å². The molecule has 0 unspecified atom stereocenters. The lowest BCUT2D eigenvalue weighted by Crippen LogP contribution is -2.38. The molecule has 0 aliphatic carbocycles. The number of aryl methyl sites for hydroxylation is 2. The molecule has 0 saturated heterocycles. The summed E-state index contributed by atoms with van der Waals surface area (Å²) in [6.07, 6.45) is 1.57. The second kappa shape index (κ2) is 7.38. The molecule has 21 heavy (non-hydrogen) atoms. The highest BCUT2D eigenvalue weighted by Crippen LogP contribution is 2.22. The van der Waals surface area contributed by atoms with Crippen LogP contribution >= 0.6 is 11.3 Å². The van der Waals surface area contributed by atoms with E-state index in [1.807, 2.05) is 43.3 Å². The van der Waals surface area contributed by atoms with Gasteiger partial charge in [-0.3, -0.25) is 4.79 Å². The van der Waals surface area contributed by atoms with Gasteiger partial charge in [-0.25, -0.2) is 0 Å². The van der Waals surface area contributed by atoms with E-state index in [0.717, 1.165) is 22.4 Å². The minimum absolute atomic E-state index is 0.0639. The molecule has 0 saturated carbocycles. The number of thiophene rings is 1. The third-order valence-corrected chi connectivity index (χ3v) is 4.83. The molecule has 2 rings (SSSR count). The van der Waals surface area contributed by atoms with Crippen LogP contribution in [0.3, 0.4) is 0 Å². The van der Waals surface area contributed by atoms with E-state index in [0.29, 0.717) is 6.42 Å². The minimum Gasteiger partial charge on any atom is -0.394 e. The van der Waals surface area contributed by atoms with Crippen LogP contribution in [-0.2, 0) is 12.8 Å². The highest BCUT2D eigenvalue weighted by atomic mass is 32.1. The molecule has 3 nitrogen and oxygen atoms in total. The number of amides is 1. The zero-order chi connectivity index (χ0) is 15.2. The Hall–Kier alpha value is -1.65. The molecular weight excluding hydrogens is 282 g/mol. The van der Waals surface area contributed by atoms with Crippen LogP contribution in [0.5, 0.6) is 0 Å². The van der Waals surface area contributed by atoms with Crippen molar-refractivity contribution in [3.63, 3.8) is 0 Å². The van der Waals surface area contributed by atoms with Crippen LogP contribution in [0, 0.1) is 6.92 Å². The average molecular weight is 303 g/mol. The number of rotatable bonds is 6. The highest BCUT2D eigenvalue weighted by Gasteiger charge is 2.16. The lowest BCUT2D eigenvalue weighted by atomic mass is 10.1. The maximum absolute atomic E-state index is 12.3. The van der Waals surface area contributed by atoms with Crippen LogP contribution in [-0.4, -0.2) is 23.7 Å². The number of carbonyl (C=O) groups excluding carboxylic acids is 1. The molecular formula is C17H21NO2S. The molecule has 1 atom stereocenters. The molecule has 1 aromatic heterocycles. The first-order valence-corrected chi connectivity index (χ1v) is 8.00. The molecule has 1 aromatic carbocycles. The van der Waals surface area contributed by atoms with Crippen molar-refractivity contribution in [2.45, 2.75) is 32.7 Å². The number of aliphatic hydroxyl groups excluding tert-OH is 1. The molecule has 112 valence electrons. The van der Waals surface area contributed by atoms with Crippen molar-refractivity contribution in [2.75, 3.05) is 6.61 Å². The van der Waals surface area contributed by atoms with Crippen LogP contribution < -0.4 is 5.32 Å². The van der Waals surface area contributed by atoms with Crippen LogP contribution in [0.1, 0.15) is 32.6 Å². The third kappa shape index (κ3) is 4.16. The topological polar surface area (TPSA) is 49.3 Å². The Morgan fingerprint density at radius 2 is 2.05 bits per heavy atom. The molecule has 1 heterocycles. The van der Waals surface area contributed by atoms with Gasteiger partial charge >= 0.3 is 0 Å². The van der Waals surface area contributed by atoms with Gasteiger partial charge in [0.25, 0.3) is 5.91 Å². The first kappa shape index (κ1) is 15.7. The molecule has 2 aromatic rings. The lowest BCUT2D eigenvalue weighted by Gasteiger charge is -2.15. The normalized spacial score (nSPS) is 12.1. The van der Waals surface area contributed by atoms with E-state index < -0.39 is 0 Å². The van der Waals surface area contributed by atoms with Gasteiger partial charge in [-0.05, 0) is 37.0 Å². The number of nitrogens with one attached hydrogen (secondary N) is 1. The Bertz CT molecular complexity index is 592. The second-order valence-corrected chi connectivity index (χ2v) is 6.25. The van der Waals surface area contributed by atoms with Gasteiger partial charge in [0.15, 0.2) is 0 Å². The van der Waals surface area contributed by atoms with Crippen LogP contribution in [0.4, 0.5) is 0 Å². The fourth-order valence-electron chi connectivity index (χ4n) is 2.30. The molecule has 0 fully saturated rings. The summed E-state index contributed by atoms with van der Waals surface area (Å²) >= 11 is 1.53. The molecule has 1 amide bonds. The van der Waals surface area contributed by atoms with Gasteiger partial charge in [-0.1, -0.05) is 37.3 Å². The summed E-state index contributed by atoms with van der Waals surface area (Å²) in [6.45, 7) is 4.05. The zero-order valence-electron chi connectivity index (χ0n) is 12.4. The van der Waals surface area contributed by atoms with Gasteiger partial charge < -0.3 is 10.4 Å². The second-order valence-electron chi connectivity index (χ2n) is 5.11. The lowest BCUT2D eigenvalue weighted by molar-refractivity contribution is 0.0920. The van der Waals surface area contributed by atoms with Crippen molar-refractivity contribution in [2.24, 2.45) is 0 Å². The first-order chi connectivity index (χ1) is 10.1. The van der Waals surface area contributed by atoms with E-state index >= 15 is 0 Å². The van der Waals surface area contributed by atoms with Crippen molar-refractivity contribution >= 4 is 17.2 Å². The van der Waals surface area contributed by atoms with E-state index in [4.69, 9.17) is 0 Å². The fourth-order valence-corrected chi connectivity index (χ4v) is 3.32. The number of hydrogen-bond acceptors (Lipinski definition) is 3. The maximum atomic E-state index is 12.3. The summed E-state index contributed by atoms with van der Waals surface area (Å²) in [6, 6.07) is 11.5. The fraction of sp³-hybridized carbons (Fsp3) is 0.353. The third-order valence-electron chi connectivity index (χ3n) is 3.45. The Kier molecular flexibility index (Phi) is 5.53. The van der Waals surface area contributed by atoms with E-state index in [1.165, 1.54) is 16.2 Å². The zero-order valence-corrected chi connectivity index (χ0v) is 13.2. The number of hydrogen-bond donors (Lipinski definition) is 2. The molecule has 0 aliphatic rings. The molecule has 0 radical (unpaired) electrons. The maximum Gasteiger partial charge on any atom is 0.261 e. The van der Waals surface area contributed by atoms with Gasteiger partial charge in [0.1, 0.15) is 0 Å². The van der Waals surface area contributed by atoms with Crippen molar-refractivity contribution in [3.8, 4) is 0 Å². The van der Waals surface area contributed by atoms with Gasteiger partial charge in [-0.15, -0.1) is 11.3 Å². The summed E-state index contributed by atoms with van der Waals surface area (Å²) in [7, 11) is 0. The minimum atomic E-state index is -0.257. The Labute approximate surface area is 129 Å². The predicted molar refractivity (Wildman–Crippen MR) is 86.9 cm³/mol. The molecule has 0 spiro atoms. The van der Waals surface area contributed by atoms with Crippen molar-refractivity contribution in [1.29, 1.82) is 0 Å². The van der Waals surface area contributed by atoms with Crippen LogP contribution in [0.2, 0.25) is 0 Å². The summed E-state index contributed by atoms with van der Waals surface area (Å²) in [5.74, 6) is -0.0993.